The molecule has 1 unspecified atom stereocenters. The predicted molar refractivity (Wildman–Crippen MR) is 89.7 cm³/mol. The minimum absolute atomic E-state index is 0.0153. The number of nitro groups is 1. The number of benzene rings is 1. The summed E-state index contributed by atoms with van der Waals surface area (Å²) in [4.78, 5) is 36.7. The van der Waals surface area contributed by atoms with E-state index in [2.05, 4.69) is 5.32 Å². The summed E-state index contributed by atoms with van der Waals surface area (Å²) < 4.78 is 13.4. The maximum atomic E-state index is 13.4. The lowest BCUT2D eigenvalue weighted by atomic mass is 10.1. The predicted octanol–water partition coefficient (Wildman–Crippen LogP) is 2.46. The van der Waals surface area contributed by atoms with Gasteiger partial charge in [-0.05, 0) is 23.6 Å². The lowest BCUT2D eigenvalue weighted by molar-refractivity contribution is -0.387. The minimum Gasteiger partial charge on any atom is -0.351 e. The van der Waals surface area contributed by atoms with Crippen LogP contribution >= 0.6 is 11.3 Å². The summed E-state index contributed by atoms with van der Waals surface area (Å²) in [6, 6.07) is 7.04. The fourth-order valence-electron chi connectivity index (χ4n) is 2.67. The maximum absolute atomic E-state index is 13.4. The Morgan fingerprint density at radius 2 is 2.24 bits per heavy atom. The number of rotatable bonds is 5. The second-order valence-corrected chi connectivity index (χ2v) is 6.63. The first-order valence-corrected chi connectivity index (χ1v) is 8.38. The molecule has 1 atom stereocenters. The molecule has 0 bridgehead atoms. The first-order chi connectivity index (χ1) is 12.0. The van der Waals surface area contributed by atoms with Gasteiger partial charge in [-0.3, -0.25) is 19.7 Å². The minimum atomic E-state index is -0.967. The standard InChI is InChI=1S/C16H14FN3O4S/c17-13-4-3-11(7-14(13)20(23)24)19-9-10(6-15(19)21)16(22)18-8-12-2-1-5-25-12/h1-5,7,10H,6,8-9H2,(H,18,22). The Morgan fingerprint density at radius 3 is 2.92 bits per heavy atom. The zero-order valence-electron chi connectivity index (χ0n) is 13.0. The average molecular weight is 363 g/mol. The van der Waals surface area contributed by atoms with Gasteiger partial charge in [0.25, 0.3) is 0 Å². The molecule has 1 aliphatic heterocycles. The lowest BCUT2D eigenvalue weighted by Crippen LogP contribution is -2.32. The SMILES string of the molecule is O=C(NCc1cccs1)C1CC(=O)N(c2ccc(F)c([N+](=O)[O-])c2)C1. The first-order valence-electron chi connectivity index (χ1n) is 7.50. The molecule has 0 radical (unpaired) electrons. The van der Waals surface area contributed by atoms with Crippen molar-refractivity contribution in [3.63, 3.8) is 0 Å². The second kappa shape index (κ2) is 6.98. The summed E-state index contributed by atoms with van der Waals surface area (Å²) in [5.74, 6) is -2.08. The van der Waals surface area contributed by atoms with Gasteiger partial charge in [-0.15, -0.1) is 11.3 Å². The van der Waals surface area contributed by atoms with Gasteiger partial charge in [0.15, 0.2) is 0 Å². The van der Waals surface area contributed by atoms with Crippen molar-refractivity contribution in [2.24, 2.45) is 5.92 Å². The summed E-state index contributed by atoms with van der Waals surface area (Å²) in [5, 5.41) is 15.5. The lowest BCUT2D eigenvalue weighted by Gasteiger charge is -2.16. The van der Waals surface area contributed by atoms with Gasteiger partial charge in [0.05, 0.1) is 23.1 Å². The number of nitro benzene ring substituents is 1. The van der Waals surface area contributed by atoms with E-state index >= 15 is 0 Å². The first kappa shape index (κ1) is 17.0. The van der Waals surface area contributed by atoms with Crippen LogP contribution in [0.4, 0.5) is 15.8 Å². The van der Waals surface area contributed by atoms with E-state index in [-0.39, 0.29) is 30.5 Å². The summed E-state index contributed by atoms with van der Waals surface area (Å²) in [7, 11) is 0. The van der Waals surface area contributed by atoms with Crippen LogP contribution in [0.5, 0.6) is 0 Å². The molecule has 0 saturated carbocycles. The Labute approximate surface area is 146 Å². The van der Waals surface area contributed by atoms with Gasteiger partial charge in [-0.25, -0.2) is 0 Å². The Morgan fingerprint density at radius 1 is 1.44 bits per heavy atom. The molecule has 9 heteroatoms. The van der Waals surface area contributed by atoms with Crippen molar-refractivity contribution < 1.29 is 18.9 Å². The highest BCUT2D eigenvalue weighted by Crippen LogP contribution is 2.29. The van der Waals surface area contributed by atoms with Gasteiger partial charge in [-0.1, -0.05) is 6.07 Å². The highest BCUT2D eigenvalue weighted by molar-refractivity contribution is 7.09. The molecule has 1 fully saturated rings. The molecule has 2 amide bonds. The van der Waals surface area contributed by atoms with Crippen molar-refractivity contribution in [2.75, 3.05) is 11.4 Å². The molecule has 1 aromatic carbocycles. The molecule has 2 aromatic rings. The van der Waals surface area contributed by atoms with Gasteiger partial charge in [0.2, 0.25) is 17.6 Å². The number of amides is 2. The quantitative estimate of drug-likeness (QED) is 0.652. The van der Waals surface area contributed by atoms with Crippen LogP contribution in [0, 0.1) is 21.8 Å². The van der Waals surface area contributed by atoms with Crippen LogP contribution in [-0.2, 0) is 16.1 Å². The molecular weight excluding hydrogens is 349 g/mol. The Balaban J connectivity index is 1.69. The molecule has 1 aromatic heterocycles. The number of hydrogen-bond donors (Lipinski definition) is 1. The van der Waals surface area contributed by atoms with Crippen LogP contribution in [0.15, 0.2) is 35.7 Å². The fourth-order valence-corrected chi connectivity index (χ4v) is 3.32. The normalized spacial score (nSPS) is 16.9. The third-order valence-electron chi connectivity index (χ3n) is 3.95. The largest absolute Gasteiger partial charge is 0.351 e. The van der Waals surface area contributed by atoms with Gasteiger partial charge in [0.1, 0.15) is 0 Å². The maximum Gasteiger partial charge on any atom is 0.306 e. The van der Waals surface area contributed by atoms with E-state index in [1.165, 1.54) is 22.3 Å². The van der Waals surface area contributed by atoms with Gasteiger partial charge < -0.3 is 10.2 Å². The van der Waals surface area contributed by atoms with Crippen LogP contribution in [0.2, 0.25) is 0 Å². The van der Waals surface area contributed by atoms with E-state index in [4.69, 9.17) is 0 Å². The van der Waals surface area contributed by atoms with Gasteiger partial charge in [-0.2, -0.15) is 4.39 Å². The van der Waals surface area contributed by atoms with E-state index in [1.54, 1.807) is 0 Å². The molecule has 0 spiro atoms. The number of nitrogens with one attached hydrogen (secondary N) is 1. The van der Waals surface area contributed by atoms with Crippen LogP contribution < -0.4 is 10.2 Å². The third-order valence-corrected chi connectivity index (χ3v) is 4.83. The highest BCUT2D eigenvalue weighted by atomic mass is 32.1. The van der Waals surface area contributed by atoms with Crippen LogP contribution in [0.3, 0.4) is 0 Å². The Hall–Kier alpha value is -2.81. The number of nitrogens with zero attached hydrogens (tertiary/aromatic N) is 2. The Bertz CT molecular complexity index is 825. The zero-order chi connectivity index (χ0) is 18.0. The second-order valence-electron chi connectivity index (χ2n) is 5.60. The molecule has 1 N–H and O–H groups in total. The molecule has 7 nitrogen and oxygen atoms in total. The van der Waals surface area contributed by atoms with E-state index in [1.807, 2.05) is 17.5 Å². The zero-order valence-corrected chi connectivity index (χ0v) is 13.8. The smallest absolute Gasteiger partial charge is 0.306 e. The number of carbonyl (C=O) groups excluding carboxylic acids is 2. The van der Waals surface area contributed by atoms with Crippen LogP contribution in [0.25, 0.3) is 0 Å². The van der Waals surface area contributed by atoms with Crippen molar-refractivity contribution in [1.29, 1.82) is 0 Å². The summed E-state index contributed by atoms with van der Waals surface area (Å²) >= 11 is 1.52. The number of thiophene rings is 1. The molecule has 0 aliphatic carbocycles. The van der Waals surface area contributed by atoms with Gasteiger partial charge in [0, 0.05) is 23.9 Å². The summed E-state index contributed by atoms with van der Waals surface area (Å²) in [6.45, 7) is 0.501. The van der Waals surface area contributed by atoms with Crippen molar-refractivity contribution in [3.05, 3.63) is 56.5 Å². The average Bonchev–Trinajstić information content (AvgIpc) is 3.22. The van der Waals surface area contributed by atoms with Crippen molar-refractivity contribution in [1.82, 2.24) is 5.32 Å². The summed E-state index contributed by atoms with van der Waals surface area (Å²) in [6.07, 6.45) is 0.0153. The van der Waals surface area contributed by atoms with E-state index in [9.17, 15) is 24.1 Å². The van der Waals surface area contributed by atoms with Crippen molar-refractivity contribution >= 4 is 34.5 Å². The van der Waals surface area contributed by atoms with E-state index in [0.29, 0.717) is 6.54 Å². The molecule has 3 rings (SSSR count). The number of carbonyl (C=O) groups is 2. The summed E-state index contributed by atoms with van der Waals surface area (Å²) in [5.41, 5.74) is -0.484. The monoisotopic (exact) mass is 363 g/mol. The molecule has 1 aliphatic rings. The number of hydrogen-bond acceptors (Lipinski definition) is 5. The molecule has 130 valence electrons. The van der Waals surface area contributed by atoms with E-state index in [0.717, 1.165) is 17.0 Å². The fraction of sp³-hybridized carbons (Fsp3) is 0.250. The molecule has 1 saturated heterocycles. The van der Waals surface area contributed by atoms with Crippen LogP contribution in [0.1, 0.15) is 11.3 Å². The third kappa shape index (κ3) is 3.66. The molecule has 2 heterocycles. The van der Waals surface area contributed by atoms with Crippen molar-refractivity contribution in [3.8, 4) is 0 Å². The van der Waals surface area contributed by atoms with E-state index < -0.39 is 22.3 Å². The van der Waals surface area contributed by atoms with Gasteiger partial charge >= 0.3 is 5.69 Å². The van der Waals surface area contributed by atoms with Crippen molar-refractivity contribution in [2.45, 2.75) is 13.0 Å². The number of anilines is 1. The number of halogens is 1. The highest BCUT2D eigenvalue weighted by Gasteiger charge is 2.35. The topological polar surface area (TPSA) is 92.6 Å². The Kier molecular flexibility index (Phi) is 4.75. The van der Waals surface area contributed by atoms with Crippen LogP contribution in [-0.4, -0.2) is 23.3 Å². The molecular formula is C16H14FN3O4S. The molecule has 25 heavy (non-hydrogen) atoms.